The van der Waals surface area contributed by atoms with Gasteiger partial charge >= 0.3 is 0 Å². The Morgan fingerprint density at radius 3 is 2.69 bits per heavy atom. The van der Waals surface area contributed by atoms with E-state index in [-0.39, 0.29) is 18.6 Å². The largest absolute Gasteiger partial charge is 0.454 e. The molecule has 0 bridgehead atoms. The summed E-state index contributed by atoms with van der Waals surface area (Å²) in [6, 6.07) is 6.25. The summed E-state index contributed by atoms with van der Waals surface area (Å²) in [5.41, 5.74) is -0.0611. The minimum atomic E-state index is -0.854. The molecular formula is C19H21N3O4. The molecule has 2 saturated heterocycles. The highest BCUT2D eigenvalue weighted by molar-refractivity contribution is 5.98. The maximum absolute atomic E-state index is 13.2. The van der Waals surface area contributed by atoms with Gasteiger partial charge in [-0.15, -0.1) is 0 Å². The maximum Gasteiger partial charge on any atom is 0.246 e. The van der Waals surface area contributed by atoms with Crippen molar-refractivity contribution in [1.82, 2.24) is 9.80 Å². The molecule has 0 aliphatic carbocycles. The van der Waals surface area contributed by atoms with Crippen LogP contribution in [0.5, 0.6) is 11.5 Å². The quantitative estimate of drug-likeness (QED) is 0.808. The number of nitrogens with zero attached hydrogens (tertiary/aromatic N) is 3. The number of likely N-dealkylation sites (N-methyl/N-ethyl adjacent to an activating group) is 1. The Morgan fingerprint density at radius 2 is 2.00 bits per heavy atom. The molecule has 3 aliphatic heterocycles. The molecule has 3 aliphatic rings. The summed E-state index contributed by atoms with van der Waals surface area (Å²) < 4.78 is 10.8. The van der Waals surface area contributed by atoms with Crippen LogP contribution in [0, 0.1) is 16.7 Å². The standard InChI is InChI=1S/C19H21N3O4/c1-4-12-18(24)22-13(17(23)21(12)3)8-19(2,9-20)16(22)11-5-6-14-15(7-11)26-10-25-14/h5-7,12-13,16H,4,8,10H2,1-3H3/t12-,13+,16+,19-/m1/s1. The lowest BCUT2D eigenvalue weighted by Gasteiger charge is -2.43. The van der Waals surface area contributed by atoms with Crippen LogP contribution >= 0.6 is 0 Å². The number of rotatable bonds is 2. The Morgan fingerprint density at radius 1 is 1.27 bits per heavy atom. The number of piperazine rings is 1. The fourth-order valence-electron chi connectivity index (χ4n) is 4.48. The molecule has 0 unspecified atom stereocenters. The number of hydrogen-bond acceptors (Lipinski definition) is 5. The van der Waals surface area contributed by atoms with Gasteiger partial charge in [0, 0.05) is 7.05 Å². The van der Waals surface area contributed by atoms with E-state index < -0.39 is 23.5 Å². The maximum atomic E-state index is 13.2. The molecule has 7 heteroatoms. The van der Waals surface area contributed by atoms with Crippen LogP contribution in [0.2, 0.25) is 0 Å². The highest BCUT2D eigenvalue weighted by Crippen LogP contribution is 2.52. The molecule has 136 valence electrons. The van der Waals surface area contributed by atoms with Crippen LogP contribution in [0.4, 0.5) is 0 Å². The molecule has 7 nitrogen and oxygen atoms in total. The zero-order valence-electron chi connectivity index (χ0n) is 15.1. The highest BCUT2D eigenvalue weighted by atomic mass is 16.7. The second-order valence-corrected chi connectivity index (χ2v) is 7.38. The summed E-state index contributed by atoms with van der Waals surface area (Å²) in [5.74, 6) is 1.06. The molecule has 4 rings (SSSR count). The summed E-state index contributed by atoms with van der Waals surface area (Å²) in [6.07, 6.45) is 0.870. The number of ether oxygens (including phenoxy) is 2. The number of fused-ring (bicyclic) bond motifs is 2. The average Bonchev–Trinajstić information content (AvgIpc) is 3.22. The number of carbonyl (C=O) groups excluding carboxylic acids is 2. The smallest absolute Gasteiger partial charge is 0.246 e. The minimum Gasteiger partial charge on any atom is -0.454 e. The van der Waals surface area contributed by atoms with E-state index >= 15 is 0 Å². The van der Waals surface area contributed by atoms with Crippen LogP contribution < -0.4 is 9.47 Å². The van der Waals surface area contributed by atoms with E-state index in [0.29, 0.717) is 24.3 Å². The van der Waals surface area contributed by atoms with Crippen LogP contribution in [0.15, 0.2) is 18.2 Å². The van der Waals surface area contributed by atoms with Gasteiger partial charge in [-0.3, -0.25) is 9.59 Å². The molecule has 2 fully saturated rings. The molecule has 0 spiro atoms. The topological polar surface area (TPSA) is 82.9 Å². The molecule has 0 aromatic heterocycles. The number of amides is 2. The van der Waals surface area contributed by atoms with Gasteiger partial charge in [-0.1, -0.05) is 13.0 Å². The van der Waals surface area contributed by atoms with Crippen molar-refractivity contribution >= 4 is 11.8 Å². The van der Waals surface area contributed by atoms with Gasteiger partial charge < -0.3 is 19.3 Å². The van der Waals surface area contributed by atoms with E-state index in [9.17, 15) is 14.9 Å². The lowest BCUT2D eigenvalue weighted by molar-refractivity contribution is -0.160. The van der Waals surface area contributed by atoms with Crippen molar-refractivity contribution in [2.45, 2.75) is 44.8 Å². The first-order chi connectivity index (χ1) is 12.4. The van der Waals surface area contributed by atoms with E-state index in [0.717, 1.165) is 5.56 Å². The molecule has 4 atom stereocenters. The van der Waals surface area contributed by atoms with Crippen LogP contribution in [0.3, 0.4) is 0 Å². The first kappa shape index (κ1) is 16.7. The first-order valence-electron chi connectivity index (χ1n) is 8.81. The first-order valence-corrected chi connectivity index (χ1v) is 8.81. The van der Waals surface area contributed by atoms with Crippen LogP contribution in [-0.4, -0.2) is 47.5 Å². The molecule has 0 radical (unpaired) electrons. The van der Waals surface area contributed by atoms with Gasteiger partial charge in [0.2, 0.25) is 18.6 Å². The van der Waals surface area contributed by atoms with E-state index in [1.807, 2.05) is 26.0 Å². The molecular weight excluding hydrogens is 334 g/mol. The van der Waals surface area contributed by atoms with Gasteiger partial charge in [-0.2, -0.15) is 5.26 Å². The van der Waals surface area contributed by atoms with Gasteiger partial charge in [0.25, 0.3) is 0 Å². The van der Waals surface area contributed by atoms with Gasteiger partial charge in [-0.25, -0.2) is 0 Å². The predicted octanol–water partition coefficient (Wildman–Crippen LogP) is 1.84. The Labute approximate surface area is 152 Å². The SMILES string of the molecule is CC[C@@H]1C(=O)N2[C@@H](c3ccc4c(c3)OCO4)[C@@](C)(C#N)C[C@H]2C(=O)N1C. The third-order valence-corrected chi connectivity index (χ3v) is 5.83. The fourth-order valence-corrected chi connectivity index (χ4v) is 4.48. The average molecular weight is 355 g/mol. The summed E-state index contributed by atoms with van der Waals surface area (Å²) in [5, 5.41) is 9.89. The van der Waals surface area contributed by atoms with Crippen LogP contribution in [-0.2, 0) is 9.59 Å². The Balaban J connectivity index is 1.82. The normalized spacial score (nSPS) is 32.6. The van der Waals surface area contributed by atoms with Crippen molar-refractivity contribution in [1.29, 1.82) is 5.26 Å². The van der Waals surface area contributed by atoms with Crippen molar-refractivity contribution in [2.75, 3.05) is 13.8 Å². The monoisotopic (exact) mass is 355 g/mol. The molecule has 0 N–H and O–H groups in total. The van der Waals surface area contributed by atoms with Crippen molar-refractivity contribution in [3.8, 4) is 17.6 Å². The van der Waals surface area contributed by atoms with E-state index in [2.05, 4.69) is 6.07 Å². The summed E-state index contributed by atoms with van der Waals surface area (Å²) in [7, 11) is 1.67. The van der Waals surface area contributed by atoms with Gasteiger partial charge in [0.1, 0.15) is 12.1 Å². The summed E-state index contributed by atoms with van der Waals surface area (Å²) in [4.78, 5) is 29.2. The number of benzene rings is 1. The lowest BCUT2D eigenvalue weighted by atomic mass is 9.79. The number of carbonyl (C=O) groups is 2. The second kappa shape index (κ2) is 5.63. The molecule has 26 heavy (non-hydrogen) atoms. The van der Waals surface area contributed by atoms with Crippen molar-refractivity contribution in [2.24, 2.45) is 5.41 Å². The third-order valence-electron chi connectivity index (χ3n) is 5.83. The second-order valence-electron chi connectivity index (χ2n) is 7.38. The molecule has 1 aromatic carbocycles. The van der Waals surface area contributed by atoms with E-state index in [1.165, 1.54) is 4.90 Å². The number of hydrogen-bond donors (Lipinski definition) is 0. The predicted molar refractivity (Wildman–Crippen MR) is 91.1 cm³/mol. The Hall–Kier alpha value is -2.75. The molecule has 2 amide bonds. The zero-order valence-corrected chi connectivity index (χ0v) is 15.1. The zero-order chi connectivity index (χ0) is 18.6. The molecule has 3 heterocycles. The molecule has 1 aromatic rings. The van der Waals surface area contributed by atoms with E-state index in [1.54, 1.807) is 18.0 Å². The Kier molecular flexibility index (Phi) is 3.62. The minimum absolute atomic E-state index is 0.0961. The van der Waals surface area contributed by atoms with Gasteiger partial charge in [0.15, 0.2) is 11.5 Å². The van der Waals surface area contributed by atoms with Crippen molar-refractivity contribution in [3.05, 3.63) is 23.8 Å². The molecule has 0 saturated carbocycles. The van der Waals surface area contributed by atoms with Crippen LogP contribution in [0.1, 0.15) is 38.3 Å². The Bertz CT molecular complexity index is 833. The number of nitriles is 1. The van der Waals surface area contributed by atoms with Crippen LogP contribution in [0.25, 0.3) is 0 Å². The van der Waals surface area contributed by atoms with Crippen molar-refractivity contribution < 1.29 is 19.1 Å². The fraction of sp³-hybridized carbons (Fsp3) is 0.526. The summed E-state index contributed by atoms with van der Waals surface area (Å²) in [6.45, 7) is 3.87. The van der Waals surface area contributed by atoms with Gasteiger partial charge in [-0.05, 0) is 37.5 Å². The van der Waals surface area contributed by atoms with E-state index in [4.69, 9.17) is 9.47 Å². The lowest BCUT2D eigenvalue weighted by Crippen LogP contribution is -2.61. The van der Waals surface area contributed by atoms with Crippen molar-refractivity contribution in [3.63, 3.8) is 0 Å². The van der Waals surface area contributed by atoms with Gasteiger partial charge in [0.05, 0.1) is 17.5 Å². The third kappa shape index (κ3) is 2.11. The highest BCUT2D eigenvalue weighted by Gasteiger charge is 2.59. The summed E-state index contributed by atoms with van der Waals surface area (Å²) >= 11 is 0.